The predicted octanol–water partition coefficient (Wildman–Crippen LogP) is 5.98. The van der Waals surface area contributed by atoms with E-state index in [9.17, 15) is 9.59 Å². The van der Waals surface area contributed by atoms with Crippen molar-refractivity contribution >= 4 is 51.5 Å². The zero-order valence-electron chi connectivity index (χ0n) is 20.2. The summed E-state index contributed by atoms with van der Waals surface area (Å²) in [6, 6.07) is 21.5. The average molecular weight is 496 g/mol. The molecule has 3 aromatic carbocycles. The third kappa shape index (κ3) is 4.70. The molecule has 0 aliphatic carbocycles. The van der Waals surface area contributed by atoms with Crippen molar-refractivity contribution in [1.29, 1.82) is 0 Å². The molecule has 1 fully saturated rings. The SMILES string of the molecule is COC(=O)c1cccc(Cn2cc(/C=C3\SC(=Nc4cccc(C)c4C)NC3=O)c3ccccc32)c1. The first kappa shape index (κ1) is 23.6. The first-order chi connectivity index (χ1) is 17.4. The topological polar surface area (TPSA) is 72.7 Å². The molecule has 180 valence electrons. The molecule has 2 heterocycles. The number of esters is 1. The smallest absolute Gasteiger partial charge is 0.337 e. The van der Waals surface area contributed by atoms with E-state index < -0.39 is 0 Å². The maximum atomic E-state index is 12.8. The molecular formula is C29H25N3O3S. The maximum Gasteiger partial charge on any atom is 0.337 e. The van der Waals surface area contributed by atoms with Crippen LogP contribution < -0.4 is 5.32 Å². The summed E-state index contributed by atoms with van der Waals surface area (Å²) in [5.41, 5.74) is 6.59. The van der Waals surface area contributed by atoms with Crippen LogP contribution in [-0.4, -0.2) is 28.7 Å². The monoisotopic (exact) mass is 495 g/mol. The number of nitrogens with one attached hydrogen (secondary N) is 1. The van der Waals surface area contributed by atoms with E-state index in [0.717, 1.165) is 38.8 Å². The Kier molecular flexibility index (Phi) is 6.48. The van der Waals surface area contributed by atoms with Gasteiger partial charge in [0.25, 0.3) is 5.91 Å². The lowest BCUT2D eigenvalue weighted by Gasteiger charge is -2.07. The lowest BCUT2D eigenvalue weighted by atomic mass is 10.1. The van der Waals surface area contributed by atoms with Crippen LogP contribution in [0.1, 0.15) is 32.6 Å². The van der Waals surface area contributed by atoms with Gasteiger partial charge in [-0.2, -0.15) is 0 Å². The van der Waals surface area contributed by atoms with E-state index in [1.807, 2.05) is 80.7 Å². The van der Waals surface area contributed by atoms with Gasteiger partial charge < -0.3 is 14.6 Å². The first-order valence-corrected chi connectivity index (χ1v) is 12.4. The Labute approximate surface area is 213 Å². The lowest BCUT2D eigenvalue weighted by molar-refractivity contribution is -0.115. The normalized spacial score (nSPS) is 15.6. The fraction of sp³-hybridized carbons (Fsp3) is 0.138. The first-order valence-electron chi connectivity index (χ1n) is 11.5. The highest BCUT2D eigenvalue weighted by Crippen LogP contribution is 2.32. The van der Waals surface area contributed by atoms with Crippen molar-refractivity contribution in [3.63, 3.8) is 0 Å². The van der Waals surface area contributed by atoms with E-state index in [0.29, 0.717) is 22.2 Å². The van der Waals surface area contributed by atoms with Crippen LogP contribution in [-0.2, 0) is 16.1 Å². The van der Waals surface area contributed by atoms with Crippen molar-refractivity contribution < 1.29 is 14.3 Å². The fourth-order valence-electron chi connectivity index (χ4n) is 4.22. The van der Waals surface area contributed by atoms with Gasteiger partial charge in [-0.05, 0) is 72.6 Å². The number of amides is 1. The number of aliphatic imine (C=N–C) groups is 1. The molecule has 1 aliphatic heterocycles. The highest BCUT2D eigenvalue weighted by atomic mass is 32.2. The van der Waals surface area contributed by atoms with Crippen LogP contribution in [0.25, 0.3) is 17.0 Å². The lowest BCUT2D eigenvalue weighted by Crippen LogP contribution is -2.19. The number of methoxy groups -OCH3 is 1. The molecule has 4 aromatic rings. The number of aryl methyl sites for hydroxylation is 1. The summed E-state index contributed by atoms with van der Waals surface area (Å²) < 4.78 is 6.98. The average Bonchev–Trinajstić information content (AvgIpc) is 3.41. The third-order valence-corrected chi connectivity index (χ3v) is 7.17. The molecule has 1 amide bonds. The Morgan fingerprint density at radius 1 is 1.08 bits per heavy atom. The van der Waals surface area contributed by atoms with E-state index in [2.05, 4.69) is 20.9 Å². The van der Waals surface area contributed by atoms with Crippen molar-refractivity contribution in [3.8, 4) is 0 Å². The number of aromatic nitrogens is 1. The van der Waals surface area contributed by atoms with Gasteiger partial charge in [0.15, 0.2) is 5.17 Å². The van der Waals surface area contributed by atoms with Crippen LogP contribution >= 0.6 is 11.8 Å². The number of carbonyl (C=O) groups is 2. The van der Waals surface area contributed by atoms with Gasteiger partial charge in [0.2, 0.25) is 0 Å². The number of nitrogens with zero attached hydrogens (tertiary/aromatic N) is 2. The number of hydrogen-bond acceptors (Lipinski definition) is 5. The zero-order valence-corrected chi connectivity index (χ0v) is 21.1. The molecule has 0 unspecified atom stereocenters. The molecule has 1 N–H and O–H groups in total. The summed E-state index contributed by atoms with van der Waals surface area (Å²) in [6.45, 7) is 4.65. The molecular weight excluding hydrogens is 470 g/mol. The Bertz CT molecular complexity index is 1570. The van der Waals surface area contributed by atoms with Gasteiger partial charge in [-0.25, -0.2) is 9.79 Å². The van der Waals surface area contributed by atoms with E-state index in [1.165, 1.54) is 18.9 Å². The van der Waals surface area contributed by atoms with Crippen LogP contribution in [0.15, 0.2) is 82.8 Å². The number of amidine groups is 1. The number of ether oxygens (including phenoxy) is 1. The number of benzene rings is 3. The molecule has 36 heavy (non-hydrogen) atoms. The molecule has 0 bridgehead atoms. The second-order valence-corrected chi connectivity index (χ2v) is 9.65. The largest absolute Gasteiger partial charge is 0.465 e. The third-order valence-electron chi connectivity index (χ3n) is 6.26. The van der Waals surface area contributed by atoms with Gasteiger partial charge in [0.1, 0.15) is 0 Å². The Morgan fingerprint density at radius 2 is 1.89 bits per heavy atom. The van der Waals surface area contributed by atoms with E-state index in [-0.39, 0.29) is 11.9 Å². The summed E-state index contributed by atoms with van der Waals surface area (Å²) in [5.74, 6) is -0.520. The van der Waals surface area contributed by atoms with Gasteiger partial charge in [0, 0.05) is 29.2 Å². The van der Waals surface area contributed by atoms with Gasteiger partial charge in [-0.3, -0.25) is 4.79 Å². The minimum absolute atomic E-state index is 0.160. The number of hydrogen-bond donors (Lipinski definition) is 1. The van der Waals surface area contributed by atoms with Crippen LogP contribution in [0.4, 0.5) is 5.69 Å². The van der Waals surface area contributed by atoms with Crippen LogP contribution in [0.3, 0.4) is 0 Å². The van der Waals surface area contributed by atoms with Crippen molar-refractivity contribution in [3.05, 3.63) is 106 Å². The number of para-hydroxylation sites is 1. The Morgan fingerprint density at radius 3 is 2.72 bits per heavy atom. The van der Waals surface area contributed by atoms with Gasteiger partial charge >= 0.3 is 5.97 Å². The Balaban J connectivity index is 1.47. The quantitative estimate of drug-likeness (QED) is 0.273. The van der Waals surface area contributed by atoms with Crippen LogP contribution in [0, 0.1) is 13.8 Å². The maximum absolute atomic E-state index is 12.8. The molecule has 1 aliphatic rings. The van der Waals surface area contributed by atoms with E-state index >= 15 is 0 Å². The molecule has 1 saturated heterocycles. The molecule has 6 nitrogen and oxygen atoms in total. The van der Waals surface area contributed by atoms with Crippen molar-refractivity contribution in [2.45, 2.75) is 20.4 Å². The molecule has 5 rings (SSSR count). The van der Waals surface area contributed by atoms with Crippen LogP contribution in [0.5, 0.6) is 0 Å². The van der Waals surface area contributed by atoms with E-state index in [4.69, 9.17) is 4.74 Å². The summed E-state index contributed by atoms with van der Waals surface area (Å²) >= 11 is 1.34. The molecule has 0 spiro atoms. The minimum atomic E-state index is -0.359. The number of rotatable bonds is 5. The molecule has 0 saturated carbocycles. The zero-order chi connectivity index (χ0) is 25.2. The molecule has 1 aromatic heterocycles. The van der Waals surface area contributed by atoms with Crippen molar-refractivity contribution in [2.24, 2.45) is 4.99 Å². The highest BCUT2D eigenvalue weighted by molar-refractivity contribution is 8.18. The summed E-state index contributed by atoms with van der Waals surface area (Å²) in [6.07, 6.45) is 3.95. The highest BCUT2D eigenvalue weighted by Gasteiger charge is 2.24. The van der Waals surface area contributed by atoms with Crippen molar-refractivity contribution in [1.82, 2.24) is 9.88 Å². The standard InChI is InChI=1S/C29H25N3O3S/c1-18-8-6-12-24(19(18)2)30-29-31-27(33)26(36-29)15-22-17-32(25-13-5-4-11-23(22)25)16-20-9-7-10-21(14-20)28(34)35-3/h4-15,17H,16H2,1-3H3,(H,30,31,33)/b26-15-. The molecule has 0 radical (unpaired) electrons. The minimum Gasteiger partial charge on any atom is -0.465 e. The molecule has 0 atom stereocenters. The fourth-order valence-corrected chi connectivity index (χ4v) is 5.05. The number of carbonyl (C=O) groups excluding carboxylic acids is 2. The summed E-state index contributed by atoms with van der Waals surface area (Å²) in [7, 11) is 1.38. The predicted molar refractivity (Wildman–Crippen MR) is 146 cm³/mol. The van der Waals surface area contributed by atoms with Gasteiger partial charge in [-0.1, -0.05) is 42.5 Å². The van der Waals surface area contributed by atoms with Gasteiger partial charge in [-0.15, -0.1) is 0 Å². The van der Waals surface area contributed by atoms with Gasteiger partial charge in [0.05, 0.1) is 23.3 Å². The van der Waals surface area contributed by atoms with E-state index in [1.54, 1.807) is 6.07 Å². The second-order valence-electron chi connectivity index (χ2n) is 8.62. The molecule has 7 heteroatoms. The number of thioether (sulfide) groups is 1. The second kappa shape index (κ2) is 9.87. The van der Waals surface area contributed by atoms with Crippen LogP contribution in [0.2, 0.25) is 0 Å². The summed E-state index contributed by atoms with van der Waals surface area (Å²) in [4.78, 5) is 30.0. The Hall–Kier alpha value is -4.10. The van der Waals surface area contributed by atoms with Crippen molar-refractivity contribution in [2.75, 3.05) is 7.11 Å². The number of fused-ring (bicyclic) bond motifs is 1. The summed E-state index contributed by atoms with van der Waals surface area (Å²) in [5, 5.41) is 4.51.